The Morgan fingerprint density at radius 3 is 2.30 bits per heavy atom. The molecule has 0 aliphatic carbocycles. The average molecular weight is 384 g/mol. The molecule has 2 aromatic carbocycles. The lowest BCUT2D eigenvalue weighted by molar-refractivity contribution is -0.122. The molecule has 0 spiro atoms. The molecule has 1 heterocycles. The zero-order valence-electron chi connectivity index (χ0n) is 14.7. The van der Waals surface area contributed by atoms with E-state index in [1.165, 1.54) is 30.3 Å². The topological polar surface area (TPSA) is 58.6 Å². The third kappa shape index (κ3) is 4.20. The molecule has 1 aliphatic heterocycles. The summed E-state index contributed by atoms with van der Waals surface area (Å²) in [6, 6.07) is 12.3. The van der Waals surface area contributed by atoms with E-state index in [0.717, 1.165) is 4.90 Å². The minimum absolute atomic E-state index is 0.0465. The molecule has 0 atom stereocenters. The summed E-state index contributed by atoms with van der Waals surface area (Å²) in [6.07, 6.45) is 1.53. The van der Waals surface area contributed by atoms with Crippen LogP contribution < -0.4 is 15.0 Å². The summed E-state index contributed by atoms with van der Waals surface area (Å²) in [5.41, 5.74) is 0.972. The summed E-state index contributed by atoms with van der Waals surface area (Å²) in [6.45, 7) is 3.85. The smallest absolute Gasteiger partial charge is 0.270 e. The lowest BCUT2D eigenvalue weighted by atomic mass is 10.1. The van der Waals surface area contributed by atoms with Crippen LogP contribution in [0.4, 0.5) is 10.1 Å². The van der Waals surface area contributed by atoms with Crippen molar-refractivity contribution in [2.24, 2.45) is 0 Å². The number of nitrogens with zero attached hydrogens (tertiary/aromatic N) is 1. The highest BCUT2D eigenvalue weighted by Crippen LogP contribution is 2.23. The van der Waals surface area contributed by atoms with Crippen LogP contribution in [0.1, 0.15) is 19.4 Å². The Hall–Kier alpha value is -3.06. The molecule has 7 heteroatoms. The van der Waals surface area contributed by atoms with Gasteiger partial charge in [-0.1, -0.05) is 12.1 Å². The van der Waals surface area contributed by atoms with Gasteiger partial charge >= 0.3 is 0 Å². The average Bonchev–Trinajstić information content (AvgIpc) is 2.61. The van der Waals surface area contributed by atoms with E-state index in [-0.39, 0.29) is 16.8 Å². The van der Waals surface area contributed by atoms with Crippen LogP contribution in [0.3, 0.4) is 0 Å². The molecule has 5 nitrogen and oxygen atoms in total. The Bertz CT molecular complexity index is 921. The maximum Gasteiger partial charge on any atom is 0.270 e. The van der Waals surface area contributed by atoms with Crippen molar-refractivity contribution in [1.82, 2.24) is 5.32 Å². The fraction of sp³-hybridized carbons (Fsp3) is 0.150. The first kappa shape index (κ1) is 18.7. The number of ether oxygens (including phenoxy) is 1. The van der Waals surface area contributed by atoms with Crippen molar-refractivity contribution in [3.63, 3.8) is 0 Å². The monoisotopic (exact) mass is 384 g/mol. The van der Waals surface area contributed by atoms with Gasteiger partial charge in [0.15, 0.2) is 5.11 Å². The fourth-order valence-corrected chi connectivity index (χ4v) is 2.84. The van der Waals surface area contributed by atoms with E-state index < -0.39 is 17.6 Å². The quantitative estimate of drug-likeness (QED) is 0.498. The molecule has 1 fully saturated rings. The number of amides is 2. The van der Waals surface area contributed by atoms with Gasteiger partial charge < -0.3 is 4.74 Å². The molecule has 0 aromatic heterocycles. The zero-order valence-corrected chi connectivity index (χ0v) is 15.5. The Kier molecular flexibility index (Phi) is 5.32. The van der Waals surface area contributed by atoms with Gasteiger partial charge in [0.2, 0.25) is 0 Å². The number of thiocarbonyl (C=S) groups is 1. The highest BCUT2D eigenvalue weighted by atomic mass is 32.1. The number of rotatable bonds is 4. The van der Waals surface area contributed by atoms with E-state index in [1.807, 2.05) is 13.8 Å². The minimum Gasteiger partial charge on any atom is -0.491 e. The van der Waals surface area contributed by atoms with Crippen LogP contribution in [-0.2, 0) is 9.59 Å². The molecular weight excluding hydrogens is 367 g/mol. The van der Waals surface area contributed by atoms with Crippen LogP contribution in [0.15, 0.2) is 54.1 Å². The summed E-state index contributed by atoms with van der Waals surface area (Å²) in [5, 5.41) is 2.44. The Morgan fingerprint density at radius 1 is 1.07 bits per heavy atom. The second-order valence-corrected chi connectivity index (χ2v) is 6.56. The molecule has 0 bridgehead atoms. The van der Waals surface area contributed by atoms with Crippen molar-refractivity contribution < 1.29 is 18.7 Å². The number of nitrogens with one attached hydrogen (secondary N) is 1. The molecule has 0 unspecified atom stereocenters. The predicted molar refractivity (Wildman–Crippen MR) is 105 cm³/mol. The predicted octanol–water partition coefficient (Wildman–Crippen LogP) is 3.44. The standard InChI is InChI=1S/C20H17FN2O3S/c1-12(2)26-16-9-3-13(4-10-16)11-17-18(24)22-20(27)23(19(17)25)15-7-5-14(21)6-8-15/h3-12H,1-2H3,(H,22,24,27). The van der Waals surface area contributed by atoms with Gasteiger partial charge in [-0.2, -0.15) is 0 Å². The van der Waals surface area contributed by atoms with Crippen molar-refractivity contribution in [1.29, 1.82) is 0 Å². The summed E-state index contributed by atoms with van der Waals surface area (Å²) in [7, 11) is 0. The van der Waals surface area contributed by atoms with Crippen LogP contribution in [0.2, 0.25) is 0 Å². The molecule has 1 saturated heterocycles. The minimum atomic E-state index is -0.578. The molecule has 1 N–H and O–H groups in total. The molecule has 2 aromatic rings. The summed E-state index contributed by atoms with van der Waals surface area (Å²) in [4.78, 5) is 26.3. The van der Waals surface area contributed by atoms with Crippen LogP contribution in [0.25, 0.3) is 6.08 Å². The summed E-state index contributed by atoms with van der Waals surface area (Å²) >= 11 is 5.11. The lowest BCUT2D eigenvalue weighted by Crippen LogP contribution is -2.54. The third-order valence-electron chi connectivity index (χ3n) is 3.75. The van der Waals surface area contributed by atoms with Crippen molar-refractivity contribution >= 4 is 40.9 Å². The van der Waals surface area contributed by atoms with Gasteiger partial charge in [-0.05, 0) is 74.1 Å². The van der Waals surface area contributed by atoms with E-state index >= 15 is 0 Å². The number of benzene rings is 2. The van der Waals surface area contributed by atoms with Gasteiger partial charge in [-0.25, -0.2) is 4.39 Å². The lowest BCUT2D eigenvalue weighted by Gasteiger charge is -2.28. The molecule has 27 heavy (non-hydrogen) atoms. The van der Waals surface area contributed by atoms with Gasteiger partial charge in [0, 0.05) is 0 Å². The van der Waals surface area contributed by atoms with Gasteiger partial charge in [-0.15, -0.1) is 0 Å². The first-order valence-electron chi connectivity index (χ1n) is 8.29. The molecule has 3 rings (SSSR count). The van der Waals surface area contributed by atoms with E-state index in [4.69, 9.17) is 17.0 Å². The normalized spacial score (nSPS) is 16.1. The maximum atomic E-state index is 13.2. The van der Waals surface area contributed by atoms with Crippen LogP contribution in [0, 0.1) is 5.82 Å². The Labute approximate surface area is 161 Å². The number of hydrogen-bond acceptors (Lipinski definition) is 4. The number of halogens is 1. The van der Waals surface area contributed by atoms with Crippen molar-refractivity contribution in [3.05, 3.63) is 65.5 Å². The molecule has 138 valence electrons. The van der Waals surface area contributed by atoms with Crippen molar-refractivity contribution in [2.75, 3.05) is 4.90 Å². The largest absolute Gasteiger partial charge is 0.491 e. The number of carbonyl (C=O) groups is 2. The third-order valence-corrected chi connectivity index (χ3v) is 4.03. The second-order valence-electron chi connectivity index (χ2n) is 6.17. The molecule has 0 radical (unpaired) electrons. The van der Waals surface area contributed by atoms with E-state index in [2.05, 4.69) is 5.32 Å². The van der Waals surface area contributed by atoms with E-state index in [9.17, 15) is 14.0 Å². The van der Waals surface area contributed by atoms with Gasteiger partial charge in [0.25, 0.3) is 11.8 Å². The van der Waals surface area contributed by atoms with Gasteiger partial charge in [0.1, 0.15) is 17.1 Å². The van der Waals surface area contributed by atoms with Crippen molar-refractivity contribution in [2.45, 2.75) is 20.0 Å². The SMILES string of the molecule is CC(C)Oc1ccc(C=C2C(=O)NC(=S)N(c3ccc(F)cc3)C2=O)cc1. The molecule has 0 saturated carbocycles. The highest BCUT2D eigenvalue weighted by Gasteiger charge is 2.34. The van der Waals surface area contributed by atoms with Crippen molar-refractivity contribution in [3.8, 4) is 5.75 Å². The van der Waals surface area contributed by atoms with Crippen LogP contribution in [0.5, 0.6) is 5.75 Å². The van der Waals surface area contributed by atoms with Gasteiger partial charge in [-0.3, -0.25) is 19.8 Å². The number of hydrogen-bond donors (Lipinski definition) is 1. The molecule has 2 amide bonds. The maximum absolute atomic E-state index is 13.2. The Morgan fingerprint density at radius 2 is 1.70 bits per heavy atom. The summed E-state index contributed by atoms with van der Waals surface area (Å²) in [5.74, 6) is -0.887. The van der Waals surface area contributed by atoms with Gasteiger partial charge in [0.05, 0.1) is 11.8 Å². The van der Waals surface area contributed by atoms with E-state index in [0.29, 0.717) is 17.0 Å². The Balaban J connectivity index is 1.90. The van der Waals surface area contributed by atoms with Crippen LogP contribution >= 0.6 is 12.2 Å². The van der Waals surface area contributed by atoms with Crippen LogP contribution in [-0.4, -0.2) is 23.0 Å². The first-order valence-corrected chi connectivity index (χ1v) is 8.70. The first-order chi connectivity index (χ1) is 12.8. The fourth-order valence-electron chi connectivity index (χ4n) is 2.56. The summed E-state index contributed by atoms with van der Waals surface area (Å²) < 4.78 is 18.7. The highest BCUT2D eigenvalue weighted by molar-refractivity contribution is 7.80. The van der Waals surface area contributed by atoms with E-state index in [1.54, 1.807) is 24.3 Å². The second kappa shape index (κ2) is 7.67. The number of anilines is 1. The zero-order chi connectivity index (χ0) is 19.6. The molecular formula is C20H17FN2O3S. The number of carbonyl (C=O) groups excluding carboxylic acids is 2. The molecule has 1 aliphatic rings.